The van der Waals surface area contributed by atoms with Crippen molar-refractivity contribution in [2.24, 2.45) is 0 Å². The van der Waals surface area contributed by atoms with Crippen LogP contribution in [0.25, 0.3) is 0 Å². The van der Waals surface area contributed by atoms with E-state index in [1.165, 1.54) is 23.1 Å². The van der Waals surface area contributed by atoms with Crippen molar-refractivity contribution < 1.29 is 8.42 Å². The number of thioether (sulfide) groups is 1. The molecule has 0 spiro atoms. The van der Waals surface area contributed by atoms with Crippen LogP contribution >= 0.6 is 39.0 Å². The van der Waals surface area contributed by atoms with E-state index in [4.69, 9.17) is 5.73 Å². The Labute approximate surface area is 141 Å². The summed E-state index contributed by atoms with van der Waals surface area (Å²) in [4.78, 5) is 1.89. The number of para-hydroxylation sites is 1. The molecule has 2 aromatic rings. The summed E-state index contributed by atoms with van der Waals surface area (Å²) in [7, 11) is -3.27. The van der Waals surface area contributed by atoms with Gasteiger partial charge in [0.1, 0.15) is 0 Å². The number of nitrogen functional groups attached to an aromatic ring is 1. The fraction of sp³-hybridized carbons (Fsp3) is 0.231. The summed E-state index contributed by atoms with van der Waals surface area (Å²) in [5.74, 6) is 0.538. The van der Waals surface area contributed by atoms with E-state index in [-0.39, 0.29) is 5.75 Å². The zero-order valence-corrected chi connectivity index (χ0v) is 15.1. The maximum absolute atomic E-state index is 11.9. The van der Waals surface area contributed by atoms with Crippen molar-refractivity contribution in [3.05, 3.63) is 45.1 Å². The fourth-order valence-corrected chi connectivity index (χ4v) is 5.45. The highest BCUT2D eigenvalue weighted by molar-refractivity contribution is 9.11. The highest BCUT2D eigenvalue weighted by atomic mass is 79.9. The molecular formula is C13H15BrN2O2S3. The number of anilines is 1. The Bertz CT molecular complexity index is 701. The van der Waals surface area contributed by atoms with E-state index in [1.54, 1.807) is 0 Å². The van der Waals surface area contributed by atoms with E-state index in [0.29, 0.717) is 18.0 Å². The minimum absolute atomic E-state index is 0.0680. The lowest BCUT2D eigenvalue weighted by Crippen LogP contribution is -2.26. The van der Waals surface area contributed by atoms with Gasteiger partial charge in [0.25, 0.3) is 0 Å². The molecule has 4 nitrogen and oxygen atoms in total. The molecule has 0 saturated heterocycles. The van der Waals surface area contributed by atoms with Crippen LogP contribution in [0, 0.1) is 0 Å². The Morgan fingerprint density at radius 3 is 2.67 bits per heavy atom. The number of benzene rings is 1. The van der Waals surface area contributed by atoms with Gasteiger partial charge in [0.05, 0.1) is 9.54 Å². The van der Waals surface area contributed by atoms with Gasteiger partial charge in [-0.15, -0.1) is 23.1 Å². The number of hydrogen-bond donors (Lipinski definition) is 2. The number of thiophene rings is 1. The van der Waals surface area contributed by atoms with E-state index in [2.05, 4.69) is 20.7 Å². The van der Waals surface area contributed by atoms with Crippen molar-refractivity contribution in [1.82, 2.24) is 4.72 Å². The monoisotopic (exact) mass is 406 g/mol. The fourth-order valence-electron chi connectivity index (χ4n) is 1.57. The summed E-state index contributed by atoms with van der Waals surface area (Å²) < 4.78 is 27.4. The number of nitrogens with one attached hydrogen (secondary N) is 1. The molecular weight excluding hydrogens is 392 g/mol. The summed E-state index contributed by atoms with van der Waals surface area (Å²) in [6.45, 7) is 0.330. The minimum Gasteiger partial charge on any atom is -0.398 e. The third-order valence-electron chi connectivity index (χ3n) is 2.62. The first-order chi connectivity index (χ1) is 9.96. The lowest BCUT2D eigenvalue weighted by molar-refractivity contribution is 0.583. The Hall–Kier alpha value is -0.540. The van der Waals surface area contributed by atoms with Gasteiger partial charge < -0.3 is 5.73 Å². The summed E-state index contributed by atoms with van der Waals surface area (Å²) >= 11 is 6.32. The zero-order chi connectivity index (χ0) is 15.3. The van der Waals surface area contributed by atoms with E-state index < -0.39 is 10.0 Å². The molecule has 8 heteroatoms. The molecule has 0 bridgehead atoms. The normalized spacial score (nSPS) is 11.7. The molecule has 0 amide bonds. The molecule has 1 heterocycles. The van der Waals surface area contributed by atoms with E-state index in [9.17, 15) is 8.42 Å². The molecule has 0 atom stereocenters. The van der Waals surface area contributed by atoms with Crippen LogP contribution in [0.15, 0.2) is 45.1 Å². The Kier molecular flexibility index (Phi) is 6.12. The largest absolute Gasteiger partial charge is 0.398 e. The van der Waals surface area contributed by atoms with Gasteiger partial charge in [-0.25, -0.2) is 13.1 Å². The van der Waals surface area contributed by atoms with Crippen LogP contribution in [-0.2, 0) is 16.6 Å². The van der Waals surface area contributed by atoms with Crippen LogP contribution in [0.3, 0.4) is 0 Å². The van der Waals surface area contributed by atoms with Crippen molar-refractivity contribution in [3.8, 4) is 0 Å². The molecule has 114 valence electrons. The third-order valence-corrected chi connectivity index (χ3v) is 6.92. The molecule has 1 aromatic carbocycles. The van der Waals surface area contributed by atoms with Crippen LogP contribution in [0.4, 0.5) is 5.69 Å². The average molecular weight is 407 g/mol. The maximum atomic E-state index is 11.9. The predicted molar refractivity (Wildman–Crippen MR) is 94.2 cm³/mol. The zero-order valence-electron chi connectivity index (χ0n) is 11.1. The van der Waals surface area contributed by atoms with Gasteiger partial charge >= 0.3 is 0 Å². The van der Waals surface area contributed by atoms with Gasteiger partial charge in [0, 0.05) is 27.8 Å². The maximum Gasteiger partial charge on any atom is 0.212 e. The topological polar surface area (TPSA) is 72.2 Å². The molecule has 0 aliphatic rings. The summed E-state index contributed by atoms with van der Waals surface area (Å²) in [6, 6.07) is 11.3. The quantitative estimate of drug-likeness (QED) is 0.546. The van der Waals surface area contributed by atoms with Crippen molar-refractivity contribution in [3.63, 3.8) is 0 Å². The van der Waals surface area contributed by atoms with Gasteiger partial charge in [-0.3, -0.25) is 0 Å². The smallest absolute Gasteiger partial charge is 0.212 e. The van der Waals surface area contributed by atoms with Crippen molar-refractivity contribution in [2.45, 2.75) is 11.4 Å². The molecule has 1 aromatic heterocycles. The Balaban J connectivity index is 1.80. The molecule has 0 radical (unpaired) electrons. The number of halogens is 1. The Morgan fingerprint density at radius 2 is 2.00 bits per heavy atom. The van der Waals surface area contributed by atoms with E-state index in [1.807, 2.05) is 36.4 Å². The highest BCUT2D eigenvalue weighted by Crippen LogP contribution is 2.24. The molecule has 0 saturated carbocycles. The summed E-state index contributed by atoms with van der Waals surface area (Å²) in [5, 5.41) is 0. The van der Waals surface area contributed by atoms with Crippen LogP contribution in [0.5, 0.6) is 0 Å². The second-order valence-electron chi connectivity index (χ2n) is 4.23. The highest BCUT2D eigenvalue weighted by Gasteiger charge is 2.11. The lowest BCUT2D eigenvalue weighted by atomic mass is 10.3. The van der Waals surface area contributed by atoms with Gasteiger partial charge in [-0.1, -0.05) is 12.1 Å². The predicted octanol–water partition coefficient (Wildman–Crippen LogP) is 3.30. The second kappa shape index (κ2) is 7.64. The van der Waals surface area contributed by atoms with Gasteiger partial charge in [-0.2, -0.15) is 0 Å². The SMILES string of the molecule is Nc1ccccc1SCCS(=O)(=O)NCc1ccc(Br)s1. The minimum atomic E-state index is -3.27. The first-order valence-electron chi connectivity index (χ1n) is 6.15. The molecule has 3 N–H and O–H groups in total. The molecule has 21 heavy (non-hydrogen) atoms. The van der Waals surface area contributed by atoms with Crippen LogP contribution in [-0.4, -0.2) is 19.9 Å². The van der Waals surface area contributed by atoms with Gasteiger partial charge in [0.15, 0.2) is 0 Å². The third kappa shape index (κ3) is 5.63. The summed E-state index contributed by atoms with van der Waals surface area (Å²) in [5.41, 5.74) is 6.50. The van der Waals surface area contributed by atoms with E-state index >= 15 is 0 Å². The molecule has 2 rings (SSSR count). The number of sulfonamides is 1. The van der Waals surface area contributed by atoms with Crippen molar-refractivity contribution in [1.29, 1.82) is 0 Å². The van der Waals surface area contributed by atoms with Crippen LogP contribution in [0.2, 0.25) is 0 Å². The van der Waals surface area contributed by atoms with Crippen molar-refractivity contribution in [2.75, 3.05) is 17.2 Å². The van der Waals surface area contributed by atoms with Gasteiger partial charge in [0.2, 0.25) is 10.0 Å². The van der Waals surface area contributed by atoms with Crippen LogP contribution in [0.1, 0.15) is 4.88 Å². The molecule has 0 aliphatic heterocycles. The summed E-state index contributed by atoms with van der Waals surface area (Å²) in [6.07, 6.45) is 0. The van der Waals surface area contributed by atoms with E-state index in [0.717, 1.165) is 13.6 Å². The number of hydrogen-bond acceptors (Lipinski definition) is 5. The molecule has 0 aliphatic carbocycles. The standard InChI is InChI=1S/C13H15BrN2O2S3/c14-13-6-5-10(20-13)9-16-21(17,18)8-7-19-12-4-2-1-3-11(12)15/h1-6,16H,7-9,15H2. The van der Waals surface area contributed by atoms with Crippen molar-refractivity contribution >= 4 is 54.7 Å². The first kappa shape index (κ1) is 16.8. The van der Waals surface area contributed by atoms with Crippen LogP contribution < -0.4 is 10.5 Å². The second-order valence-corrected chi connectivity index (χ2v) is 9.84. The average Bonchev–Trinajstić information content (AvgIpc) is 2.85. The molecule has 0 unspecified atom stereocenters. The first-order valence-corrected chi connectivity index (χ1v) is 10.4. The lowest BCUT2D eigenvalue weighted by Gasteiger charge is -2.07. The Morgan fingerprint density at radius 1 is 1.24 bits per heavy atom. The van der Waals surface area contributed by atoms with Gasteiger partial charge in [-0.05, 0) is 40.2 Å². The number of nitrogens with two attached hydrogens (primary N) is 1. The molecule has 0 fully saturated rings. The number of rotatable bonds is 7.